The molecule has 1 aliphatic rings. The highest BCUT2D eigenvalue weighted by Crippen LogP contribution is 2.22. The third-order valence-electron chi connectivity index (χ3n) is 2.11. The lowest BCUT2D eigenvalue weighted by atomic mass is 10.1. The van der Waals surface area contributed by atoms with Crippen LogP contribution in [-0.4, -0.2) is 19.1 Å². The van der Waals surface area contributed by atoms with Crippen LogP contribution in [0.15, 0.2) is 18.2 Å². The fourth-order valence-corrected chi connectivity index (χ4v) is 1.47. The summed E-state index contributed by atoms with van der Waals surface area (Å²) in [6, 6.07) is 5.63. The number of carbonyl (C=O) groups is 1. The highest BCUT2D eigenvalue weighted by atomic mass is 16.5. The lowest BCUT2D eigenvalue weighted by molar-refractivity contribution is 0.0956. The summed E-state index contributed by atoms with van der Waals surface area (Å²) in [6.07, 6.45) is 0. The third kappa shape index (κ3) is 1.37. The Hall–Kier alpha value is -1.51. The molecule has 1 aromatic rings. The van der Waals surface area contributed by atoms with Gasteiger partial charge in [0.2, 0.25) is 0 Å². The van der Waals surface area contributed by atoms with Gasteiger partial charge in [0.05, 0.1) is 12.1 Å². The first-order valence-corrected chi connectivity index (χ1v) is 4.29. The second-order valence-electron chi connectivity index (χ2n) is 3.05. The van der Waals surface area contributed by atoms with Crippen molar-refractivity contribution in [1.29, 1.82) is 0 Å². The average molecular weight is 177 g/mol. The zero-order valence-electron chi connectivity index (χ0n) is 7.46. The van der Waals surface area contributed by atoms with Crippen LogP contribution in [0.25, 0.3) is 0 Å². The van der Waals surface area contributed by atoms with E-state index in [1.54, 1.807) is 0 Å². The Morgan fingerprint density at radius 1 is 1.46 bits per heavy atom. The second-order valence-corrected chi connectivity index (χ2v) is 3.05. The molecule has 1 amide bonds. The van der Waals surface area contributed by atoms with Gasteiger partial charge in [0, 0.05) is 0 Å². The predicted molar refractivity (Wildman–Crippen MR) is 49.0 cm³/mol. The minimum atomic E-state index is -0.0365. The number of carbonyl (C=O) groups excluding carboxylic acids is 1. The van der Waals surface area contributed by atoms with Crippen molar-refractivity contribution in [2.45, 2.75) is 6.92 Å². The molecule has 1 heterocycles. The molecule has 3 nitrogen and oxygen atoms in total. The van der Waals surface area contributed by atoms with Crippen LogP contribution >= 0.6 is 0 Å². The van der Waals surface area contributed by atoms with Gasteiger partial charge in [-0.2, -0.15) is 0 Å². The lowest BCUT2D eigenvalue weighted by Gasteiger charge is -2.06. The summed E-state index contributed by atoms with van der Waals surface area (Å²) in [4.78, 5) is 11.5. The molecule has 0 bridgehead atoms. The Bertz CT molecular complexity index is 347. The number of amides is 1. The molecule has 13 heavy (non-hydrogen) atoms. The number of fused-ring (bicyclic) bond motifs is 1. The highest BCUT2D eigenvalue weighted by molar-refractivity contribution is 5.98. The monoisotopic (exact) mass is 177 g/mol. The van der Waals surface area contributed by atoms with Crippen molar-refractivity contribution in [3.05, 3.63) is 29.3 Å². The first kappa shape index (κ1) is 8.10. The van der Waals surface area contributed by atoms with Crippen LogP contribution < -0.4 is 10.1 Å². The molecule has 0 unspecified atom stereocenters. The van der Waals surface area contributed by atoms with Gasteiger partial charge in [-0.05, 0) is 18.6 Å². The number of hydrogen-bond donors (Lipinski definition) is 1. The molecule has 1 aromatic carbocycles. The van der Waals surface area contributed by atoms with E-state index in [2.05, 4.69) is 5.32 Å². The normalized spacial score (nSPS) is 15.3. The van der Waals surface area contributed by atoms with E-state index >= 15 is 0 Å². The van der Waals surface area contributed by atoms with E-state index in [4.69, 9.17) is 4.74 Å². The molecule has 68 valence electrons. The summed E-state index contributed by atoms with van der Waals surface area (Å²) in [5.41, 5.74) is 1.62. The van der Waals surface area contributed by atoms with Crippen LogP contribution in [-0.2, 0) is 0 Å². The van der Waals surface area contributed by atoms with Crippen LogP contribution in [0.4, 0.5) is 0 Å². The maximum absolute atomic E-state index is 11.5. The van der Waals surface area contributed by atoms with E-state index in [-0.39, 0.29) is 5.91 Å². The molecular formula is C10H11NO2. The van der Waals surface area contributed by atoms with Crippen LogP contribution in [0.5, 0.6) is 5.75 Å². The molecule has 0 spiro atoms. The van der Waals surface area contributed by atoms with E-state index in [1.165, 1.54) is 0 Å². The van der Waals surface area contributed by atoms with Crippen LogP contribution in [0.1, 0.15) is 15.9 Å². The molecule has 0 atom stereocenters. The molecule has 0 aromatic heterocycles. The fourth-order valence-electron chi connectivity index (χ4n) is 1.47. The summed E-state index contributed by atoms with van der Waals surface area (Å²) in [5, 5.41) is 2.78. The minimum Gasteiger partial charge on any atom is -0.491 e. The number of rotatable bonds is 0. The molecule has 1 N–H and O–H groups in total. The van der Waals surface area contributed by atoms with E-state index in [9.17, 15) is 4.79 Å². The van der Waals surface area contributed by atoms with Gasteiger partial charge >= 0.3 is 0 Å². The average Bonchev–Trinajstić information content (AvgIpc) is 2.29. The molecular weight excluding hydrogens is 166 g/mol. The summed E-state index contributed by atoms with van der Waals surface area (Å²) in [5.74, 6) is 0.653. The zero-order valence-corrected chi connectivity index (χ0v) is 7.46. The van der Waals surface area contributed by atoms with Crippen LogP contribution in [0.3, 0.4) is 0 Å². The summed E-state index contributed by atoms with van der Waals surface area (Å²) >= 11 is 0. The quantitative estimate of drug-likeness (QED) is 0.644. The van der Waals surface area contributed by atoms with Crippen molar-refractivity contribution < 1.29 is 9.53 Å². The third-order valence-corrected chi connectivity index (χ3v) is 2.11. The van der Waals surface area contributed by atoms with Gasteiger partial charge in [-0.15, -0.1) is 0 Å². The van der Waals surface area contributed by atoms with E-state index in [0.717, 1.165) is 5.56 Å². The minimum absolute atomic E-state index is 0.0365. The maximum atomic E-state index is 11.5. The van der Waals surface area contributed by atoms with Crippen molar-refractivity contribution >= 4 is 5.91 Å². The Kier molecular flexibility index (Phi) is 1.93. The van der Waals surface area contributed by atoms with Gasteiger partial charge < -0.3 is 10.1 Å². The molecule has 0 saturated heterocycles. The largest absolute Gasteiger partial charge is 0.491 e. The highest BCUT2D eigenvalue weighted by Gasteiger charge is 2.17. The summed E-state index contributed by atoms with van der Waals surface area (Å²) in [6.45, 7) is 3.03. The van der Waals surface area contributed by atoms with E-state index in [1.807, 2.05) is 25.1 Å². The molecule has 0 radical (unpaired) electrons. The van der Waals surface area contributed by atoms with E-state index < -0.39 is 0 Å². The van der Waals surface area contributed by atoms with Crippen molar-refractivity contribution in [2.75, 3.05) is 13.2 Å². The molecule has 0 saturated carbocycles. The van der Waals surface area contributed by atoms with E-state index in [0.29, 0.717) is 24.5 Å². The first-order valence-electron chi connectivity index (χ1n) is 4.29. The Morgan fingerprint density at radius 2 is 2.31 bits per heavy atom. The number of ether oxygens (including phenoxy) is 1. The topological polar surface area (TPSA) is 38.3 Å². The van der Waals surface area contributed by atoms with Crippen LogP contribution in [0, 0.1) is 6.92 Å². The van der Waals surface area contributed by atoms with Gasteiger partial charge in [0.1, 0.15) is 12.4 Å². The predicted octanol–water partition coefficient (Wildman–Crippen LogP) is 1.12. The number of benzene rings is 1. The molecule has 1 aliphatic heterocycles. The van der Waals surface area contributed by atoms with Gasteiger partial charge in [-0.3, -0.25) is 4.79 Å². The summed E-state index contributed by atoms with van der Waals surface area (Å²) < 4.78 is 5.42. The first-order chi connectivity index (χ1) is 6.29. The summed E-state index contributed by atoms with van der Waals surface area (Å²) in [7, 11) is 0. The SMILES string of the molecule is Cc1cccc2c1C(=O)NCCO2. The second kappa shape index (κ2) is 3.09. The number of aryl methyl sites for hydroxylation is 1. The van der Waals surface area contributed by atoms with Gasteiger partial charge in [-0.1, -0.05) is 12.1 Å². The van der Waals surface area contributed by atoms with Crippen molar-refractivity contribution in [1.82, 2.24) is 5.32 Å². The Labute approximate surface area is 76.7 Å². The Morgan fingerprint density at radius 3 is 3.15 bits per heavy atom. The smallest absolute Gasteiger partial charge is 0.255 e. The molecule has 3 heteroatoms. The van der Waals surface area contributed by atoms with Gasteiger partial charge in [-0.25, -0.2) is 0 Å². The standard InChI is InChI=1S/C10H11NO2/c1-7-3-2-4-8-9(7)10(12)11-5-6-13-8/h2-4H,5-6H2,1H3,(H,11,12). The van der Waals surface area contributed by atoms with Crippen molar-refractivity contribution in [2.24, 2.45) is 0 Å². The number of nitrogens with one attached hydrogen (secondary N) is 1. The lowest BCUT2D eigenvalue weighted by Crippen LogP contribution is -2.24. The van der Waals surface area contributed by atoms with Crippen molar-refractivity contribution in [3.63, 3.8) is 0 Å². The van der Waals surface area contributed by atoms with Crippen LogP contribution in [0.2, 0.25) is 0 Å². The van der Waals surface area contributed by atoms with Gasteiger partial charge in [0.25, 0.3) is 5.91 Å². The fraction of sp³-hybridized carbons (Fsp3) is 0.300. The molecule has 2 rings (SSSR count). The van der Waals surface area contributed by atoms with Gasteiger partial charge in [0.15, 0.2) is 0 Å². The van der Waals surface area contributed by atoms with Crippen molar-refractivity contribution in [3.8, 4) is 5.75 Å². The molecule has 0 fully saturated rings. The molecule has 0 aliphatic carbocycles. The Balaban J connectivity index is 2.55. The maximum Gasteiger partial charge on any atom is 0.255 e. The zero-order chi connectivity index (χ0) is 9.26. The number of hydrogen-bond acceptors (Lipinski definition) is 2.